The summed E-state index contributed by atoms with van der Waals surface area (Å²) in [5.74, 6) is 0.0620. The first kappa shape index (κ1) is 16.2. The van der Waals surface area contributed by atoms with Gasteiger partial charge in [-0.25, -0.2) is 8.42 Å². The molecule has 1 aliphatic rings. The third-order valence-electron chi connectivity index (χ3n) is 3.87. The Hall–Kier alpha value is -1.17. The lowest BCUT2D eigenvalue weighted by atomic mass is 10.0. The highest BCUT2D eigenvalue weighted by Crippen LogP contribution is 2.37. The molecule has 1 fully saturated rings. The van der Waals surface area contributed by atoms with Crippen LogP contribution in [0.4, 0.5) is 0 Å². The van der Waals surface area contributed by atoms with Gasteiger partial charge in [0, 0.05) is 0 Å². The van der Waals surface area contributed by atoms with Crippen molar-refractivity contribution in [3.63, 3.8) is 0 Å². The van der Waals surface area contributed by atoms with Gasteiger partial charge in [-0.3, -0.25) is 0 Å². The van der Waals surface area contributed by atoms with Crippen LogP contribution in [0.3, 0.4) is 0 Å². The Morgan fingerprint density at radius 1 is 1.38 bits per heavy atom. The average Bonchev–Trinajstić information content (AvgIpc) is 2.79. The molecule has 0 N–H and O–H groups in total. The van der Waals surface area contributed by atoms with Crippen LogP contribution in [0.2, 0.25) is 0 Å². The average molecular weight is 309 g/mol. The molecule has 1 aromatic rings. The largest absolute Gasteiger partial charge is 0.360 e. The van der Waals surface area contributed by atoms with Crippen molar-refractivity contribution in [3.05, 3.63) is 42.5 Å². The minimum Gasteiger partial charge on any atom is -0.360 e. The van der Waals surface area contributed by atoms with Gasteiger partial charge in [0.2, 0.25) is 10.0 Å². The van der Waals surface area contributed by atoms with Gasteiger partial charge in [0.25, 0.3) is 0 Å². The van der Waals surface area contributed by atoms with Crippen LogP contribution < -0.4 is 0 Å². The standard InChI is InChI=1S/C16H23NO3S/c1-6-16(5)11-20-15(12(2)3)17(16)21(18,19)14-9-7-13(4)8-10-14/h6-10,12,15H,1,11H2,2-5H3. The third-order valence-corrected chi connectivity index (χ3v) is 5.88. The molecule has 2 atom stereocenters. The monoisotopic (exact) mass is 309 g/mol. The van der Waals surface area contributed by atoms with Crippen LogP contribution in [0.5, 0.6) is 0 Å². The summed E-state index contributed by atoms with van der Waals surface area (Å²) in [4.78, 5) is 0.289. The Labute approximate surface area is 127 Å². The third kappa shape index (κ3) is 2.78. The molecule has 0 amide bonds. The molecule has 0 aliphatic carbocycles. The van der Waals surface area contributed by atoms with E-state index in [2.05, 4.69) is 6.58 Å². The summed E-state index contributed by atoms with van der Waals surface area (Å²) in [5, 5.41) is 0. The summed E-state index contributed by atoms with van der Waals surface area (Å²) < 4.78 is 33.3. The van der Waals surface area contributed by atoms with E-state index >= 15 is 0 Å². The number of rotatable bonds is 4. The van der Waals surface area contributed by atoms with Crippen LogP contribution in [0.25, 0.3) is 0 Å². The van der Waals surface area contributed by atoms with E-state index in [4.69, 9.17) is 4.74 Å². The van der Waals surface area contributed by atoms with Gasteiger partial charge in [0.05, 0.1) is 17.0 Å². The van der Waals surface area contributed by atoms with E-state index in [9.17, 15) is 8.42 Å². The van der Waals surface area contributed by atoms with E-state index in [0.717, 1.165) is 5.56 Å². The van der Waals surface area contributed by atoms with Crippen molar-refractivity contribution in [2.75, 3.05) is 6.61 Å². The molecule has 1 heterocycles. The topological polar surface area (TPSA) is 46.6 Å². The van der Waals surface area contributed by atoms with Gasteiger partial charge in [-0.2, -0.15) is 4.31 Å². The Bertz CT molecular complexity index is 621. The van der Waals surface area contributed by atoms with E-state index < -0.39 is 21.8 Å². The van der Waals surface area contributed by atoms with Crippen LogP contribution in [-0.2, 0) is 14.8 Å². The predicted octanol–water partition coefficient (Wildman–Crippen LogP) is 2.94. The van der Waals surface area contributed by atoms with Crippen molar-refractivity contribution < 1.29 is 13.2 Å². The van der Waals surface area contributed by atoms with E-state index in [1.807, 2.05) is 27.7 Å². The van der Waals surface area contributed by atoms with Crippen molar-refractivity contribution in [1.82, 2.24) is 4.31 Å². The zero-order chi connectivity index (χ0) is 15.8. The van der Waals surface area contributed by atoms with Gasteiger partial charge in [-0.1, -0.05) is 37.6 Å². The van der Waals surface area contributed by atoms with Crippen LogP contribution in [0.15, 0.2) is 41.8 Å². The summed E-state index contributed by atoms with van der Waals surface area (Å²) in [6, 6.07) is 6.90. The molecule has 0 bridgehead atoms. The Morgan fingerprint density at radius 2 is 1.95 bits per heavy atom. The quantitative estimate of drug-likeness (QED) is 0.803. The van der Waals surface area contributed by atoms with E-state index in [1.54, 1.807) is 30.3 Å². The second-order valence-electron chi connectivity index (χ2n) is 6.12. The lowest BCUT2D eigenvalue weighted by Crippen LogP contribution is -2.50. The molecule has 116 valence electrons. The first-order valence-corrected chi connectivity index (χ1v) is 8.53. The molecule has 0 spiro atoms. The normalized spacial score (nSPS) is 27.2. The summed E-state index contributed by atoms with van der Waals surface area (Å²) >= 11 is 0. The lowest BCUT2D eigenvalue weighted by Gasteiger charge is -2.34. The van der Waals surface area contributed by atoms with Crippen molar-refractivity contribution in [2.24, 2.45) is 5.92 Å². The molecule has 1 aliphatic heterocycles. The Morgan fingerprint density at radius 3 is 2.43 bits per heavy atom. The van der Waals surface area contributed by atoms with E-state index in [0.29, 0.717) is 6.61 Å². The number of benzene rings is 1. The van der Waals surface area contributed by atoms with E-state index in [-0.39, 0.29) is 10.8 Å². The second-order valence-corrected chi connectivity index (χ2v) is 7.94. The van der Waals surface area contributed by atoms with Crippen molar-refractivity contribution in [1.29, 1.82) is 0 Å². The van der Waals surface area contributed by atoms with Gasteiger partial charge in [0.15, 0.2) is 0 Å². The zero-order valence-electron chi connectivity index (χ0n) is 13.0. The van der Waals surface area contributed by atoms with Gasteiger partial charge >= 0.3 is 0 Å². The number of hydrogen-bond donors (Lipinski definition) is 0. The predicted molar refractivity (Wildman–Crippen MR) is 83.4 cm³/mol. The van der Waals surface area contributed by atoms with Crippen LogP contribution in [0.1, 0.15) is 26.3 Å². The van der Waals surface area contributed by atoms with Gasteiger partial charge in [0.1, 0.15) is 6.23 Å². The minimum atomic E-state index is -3.63. The maximum atomic E-state index is 13.0. The number of nitrogens with zero attached hydrogens (tertiary/aromatic N) is 1. The van der Waals surface area contributed by atoms with Crippen molar-refractivity contribution in [3.8, 4) is 0 Å². The van der Waals surface area contributed by atoms with Crippen LogP contribution in [-0.4, -0.2) is 31.1 Å². The highest BCUT2D eigenvalue weighted by atomic mass is 32.2. The molecule has 5 heteroatoms. The summed E-state index contributed by atoms with van der Waals surface area (Å²) in [6.45, 7) is 11.8. The first-order chi connectivity index (χ1) is 9.72. The first-order valence-electron chi connectivity index (χ1n) is 7.09. The van der Waals surface area contributed by atoms with Gasteiger partial charge < -0.3 is 4.74 Å². The molecule has 21 heavy (non-hydrogen) atoms. The minimum absolute atomic E-state index is 0.0620. The smallest absolute Gasteiger partial charge is 0.246 e. The lowest BCUT2D eigenvalue weighted by molar-refractivity contribution is 0.0305. The van der Waals surface area contributed by atoms with Gasteiger partial charge in [-0.15, -0.1) is 6.58 Å². The fourth-order valence-electron chi connectivity index (χ4n) is 2.52. The fourth-order valence-corrected chi connectivity index (χ4v) is 4.48. The van der Waals surface area contributed by atoms with Crippen molar-refractivity contribution in [2.45, 2.75) is 44.4 Å². The molecular weight excluding hydrogens is 286 g/mol. The highest BCUT2D eigenvalue weighted by Gasteiger charge is 2.50. The molecule has 4 nitrogen and oxygen atoms in total. The van der Waals surface area contributed by atoms with Crippen molar-refractivity contribution >= 4 is 10.0 Å². The summed E-state index contributed by atoms with van der Waals surface area (Å²) in [6.07, 6.45) is 1.18. The number of sulfonamides is 1. The molecule has 1 saturated heterocycles. The Kier molecular flexibility index (Phi) is 4.29. The number of hydrogen-bond acceptors (Lipinski definition) is 3. The summed E-state index contributed by atoms with van der Waals surface area (Å²) in [5.41, 5.74) is 0.303. The molecular formula is C16H23NO3S. The number of aryl methyl sites for hydroxylation is 1. The molecule has 2 rings (SSSR count). The van der Waals surface area contributed by atoms with Crippen LogP contribution in [0, 0.1) is 12.8 Å². The highest BCUT2D eigenvalue weighted by molar-refractivity contribution is 7.89. The molecule has 0 aromatic heterocycles. The maximum Gasteiger partial charge on any atom is 0.246 e. The van der Waals surface area contributed by atoms with Gasteiger partial charge in [-0.05, 0) is 31.9 Å². The molecule has 0 saturated carbocycles. The molecule has 1 aromatic carbocycles. The SMILES string of the molecule is C=CC1(C)COC(C(C)C)N1S(=O)(=O)c1ccc(C)cc1. The number of ether oxygens (including phenoxy) is 1. The molecule has 2 unspecified atom stereocenters. The van der Waals surface area contributed by atoms with E-state index in [1.165, 1.54) is 4.31 Å². The summed E-state index contributed by atoms with van der Waals surface area (Å²) in [7, 11) is -3.63. The van der Waals surface area contributed by atoms with Crippen LogP contribution >= 0.6 is 0 Å². The second kappa shape index (κ2) is 5.55. The zero-order valence-corrected chi connectivity index (χ0v) is 13.9. The molecule has 0 radical (unpaired) electrons. The Balaban J connectivity index is 2.53. The fraction of sp³-hybridized carbons (Fsp3) is 0.500. The maximum absolute atomic E-state index is 13.0.